The van der Waals surface area contributed by atoms with Crippen molar-refractivity contribution < 1.29 is 27.8 Å². The number of nitrogens with zero attached hydrogens (tertiary/aromatic N) is 4. The number of carbonyl (C=O) groups excluding carboxylic acids is 1. The molecule has 0 aliphatic rings. The van der Waals surface area contributed by atoms with Crippen molar-refractivity contribution in [2.24, 2.45) is 11.4 Å². The maximum absolute atomic E-state index is 12.5. The molecule has 0 saturated heterocycles. The number of esters is 1. The third-order valence-corrected chi connectivity index (χ3v) is 4.63. The van der Waals surface area contributed by atoms with Gasteiger partial charge in [-0.1, -0.05) is 19.1 Å². The fourth-order valence-electron chi connectivity index (χ4n) is 2.02. The number of ether oxygens (including phenoxy) is 2. The normalized spacial score (nSPS) is 12.0. The largest absolute Gasteiger partial charge is 0.844 e. The van der Waals surface area contributed by atoms with Crippen LogP contribution in [0.2, 0.25) is 0 Å². The molecule has 1 aromatic carbocycles. The second-order valence-corrected chi connectivity index (χ2v) is 6.79. The molecule has 0 fully saturated rings. The summed E-state index contributed by atoms with van der Waals surface area (Å²) in [5.41, 5.74) is -1.22. The fourth-order valence-corrected chi connectivity index (χ4v) is 3.08. The number of rotatable bonds is 6. The van der Waals surface area contributed by atoms with Crippen LogP contribution in [0.1, 0.15) is 23.7 Å². The molecule has 0 amide bonds. The van der Waals surface area contributed by atoms with E-state index in [1.54, 1.807) is 0 Å². The van der Waals surface area contributed by atoms with E-state index < -0.39 is 32.6 Å². The summed E-state index contributed by atoms with van der Waals surface area (Å²) >= 11 is 0. The van der Waals surface area contributed by atoms with Crippen molar-refractivity contribution in [3.05, 3.63) is 40.3 Å². The Bertz CT molecular complexity index is 1040. The third kappa shape index (κ3) is 4.16. The van der Waals surface area contributed by atoms with Gasteiger partial charge < -0.3 is 14.6 Å². The van der Waals surface area contributed by atoms with Crippen LogP contribution in [0.4, 0.5) is 0 Å². The third-order valence-electron chi connectivity index (χ3n) is 3.33. The first-order valence-electron chi connectivity index (χ1n) is 7.71. The first-order valence-corrected chi connectivity index (χ1v) is 9.15. The van der Waals surface area contributed by atoms with E-state index in [1.807, 2.05) is 6.92 Å². The summed E-state index contributed by atoms with van der Waals surface area (Å²) in [6.07, 6.45) is 0.637. The van der Waals surface area contributed by atoms with Crippen molar-refractivity contribution in [2.45, 2.75) is 18.2 Å². The Morgan fingerprint density at radius 1 is 1.33 bits per heavy atom. The van der Waals surface area contributed by atoms with E-state index in [-0.39, 0.29) is 22.9 Å². The lowest BCUT2D eigenvalue weighted by Gasteiger charge is -2.10. The monoisotopic (exact) mass is 397 g/mol. The van der Waals surface area contributed by atoms with Crippen molar-refractivity contribution in [3.8, 4) is 6.01 Å². The molecule has 2 aromatic rings. The van der Waals surface area contributed by atoms with Gasteiger partial charge in [0.25, 0.3) is 10.0 Å². The number of aromatic nitrogens is 3. The Balaban J connectivity index is 2.50. The molecule has 0 bridgehead atoms. The molecule has 11 nitrogen and oxygen atoms in total. The highest BCUT2D eigenvalue weighted by Gasteiger charge is 2.22. The molecule has 0 atom stereocenters. The van der Waals surface area contributed by atoms with E-state index in [0.29, 0.717) is 6.42 Å². The van der Waals surface area contributed by atoms with Crippen LogP contribution in [0.25, 0.3) is 0 Å². The number of hydrogen-bond donors (Lipinski definition) is 0. The van der Waals surface area contributed by atoms with Gasteiger partial charge in [-0.05, 0) is 18.6 Å². The van der Waals surface area contributed by atoms with Gasteiger partial charge in [-0.25, -0.2) is 14.2 Å². The smallest absolute Gasteiger partial charge is 0.353 e. The van der Waals surface area contributed by atoms with Crippen LogP contribution in [-0.4, -0.2) is 48.5 Å². The van der Waals surface area contributed by atoms with Crippen LogP contribution in [0.15, 0.2) is 38.4 Å². The predicted molar refractivity (Wildman–Crippen MR) is 91.1 cm³/mol. The molecule has 0 aliphatic heterocycles. The average Bonchev–Trinajstić information content (AvgIpc) is 2.93. The molecule has 0 unspecified atom stereocenters. The summed E-state index contributed by atoms with van der Waals surface area (Å²) < 4.78 is 38.9. The van der Waals surface area contributed by atoms with Crippen LogP contribution < -0.4 is 15.5 Å². The summed E-state index contributed by atoms with van der Waals surface area (Å²) in [5, 5.41) is 15.9. The highest BCUT2D eigenvalue weighted by atomic mass is 32.2. The number of benzene rings is 1. The van der Waals surface area contributed by atoms with Crippen LogP contribution in [0, 0.1) is 0 Å². The van der Waals surface area contributed by atoms with Gasteiger partial charge in [-0.15, -0.1) is 5.10 Å². The Morgan fingerprint density at radius 3 is 2.63 bits per heavy atom. The van der Waals surface area contributed by atoms with Crippen LogP contribution in [0.3, 0.4) is 0 Å². The van der Waals surface area contributed by atoms with E-state index >= 15 is 0 Å². The second-order valence-electron chi connectivity index (χ2n) is 5.22. The number of hydrogen-bond acceptors (Lipinski definition) is 8. The Hall–Kier alpha value is -3.15. The summed E-state index contributed by atoms with van der Waals surface area (Å²) in [6, 6.07) is 3.48. The summed E-state index contributed by atoms with van der Waals surface area (Å²) in [5.74, 6) is -0.915. The van der Waals surface area contributed by atoms with Crippen molar-refractivity contribution >= 4 is 22.0 Å². The first kappa shape index (κ1) is 20.2. The van der Waals surface area contributed by atoms with E-state index in [1.165, 1.54) is 25.2 Å². The van der Waals surface area contributed by atoms with E-state index in [0.717, 1.165) is 17.7 Å². The molecule has 0 radical (unpaired) electrons. The zero-order valence-electron chi connectivity index (χ0n) is 14.8. The Kier molecular flexibility index (Phi) is 6.00. The molecule has 2 rings (SSSR count). The summed E-state index contributed by atoms with van der Waals surface area (Å²) in [6.45, 7) is 2.08. The minimum atomic E-state index is -4.61. The van der Waals surface area contributed by atoms with Gasteiger partial charge in [-0.2, -0.15) is 17.5 Å². The summed E-state index contributed by atoms with van der Waals surface area (Å²) in [7, 11) is -2.21. The zero-order valence-corrected chi connectivity index (χ0v) is 15.6. The van der Waals surface area contributed by atoms with Gasteiger partial charge in [0.2, 0.25) is 0 Å². The maximum Gasteiger partial charge on any atom is 0.353 e. The van der Waals surface area contributed by atoms with Crippen molar-refractivity contribution in [2.75, 3.05) is 13.7 Å². The van der Waals surface area contributed by atoms with Crippen molar-refractivity contribution in [3.63, 3.8) is 0 Å². The molecule has 0 saturated carbocycles. The van der Waals surface area contributed by atoms with Crippen LogP contribution in [-0.2, 0) is 21.8 Å². The van der Waals surface area contributed by atoms with E-state index in [2.05, 4.69) is 14.2 Å². The Labute approximate surface area is 154 Å². The molecule has 0 spiro atoms. The van der Waals surface area contributed by atoms with E-state index in [4.69, 9.17) is 4.74 Å². The number of carbonyl (C=O) groups is 1. The molecule has 146 valence electrons. The first-order chi connectivity index (χ1) is 12.7. The van der Waals surface area contributed by atoms with Crippen molar-refractivity contribution in [1.29, 1.82) is 0 Å². The van der Waals surface area contributed by atoms with Crippen LogP contribution >= 0.6 is 0 Å². The molecule has 0 aliphatic carbocycles. The van der Waals surface area contributed by atoms with Gasteiger partial charge >= 0.3 is 17.7 Å². The number of methoxy groups -OCH3 is 1. The lowest BCUT2D eigenvalue weighted by Crippen LogP contribution is -2.37. The minimum absolute atomic E-state index is 0.155. The standard InChI is InChI=1S/C15H18N4O7S/c1-4-9-26-14-16-19(15(22)18(14)2)13(21)17-27(23,24)11-8-6-5-7-10(11)12(20)25-3/h5-8H,4,9H2,1-3H3,(H,17,21)/p-1. The molecular weight excluding hydrogens is 380 g/mol. The lowest BCUT2D eigenvalue weighted by atomic mass is 10.2. The van der Waals surface area contributed by atoms with E-state index in [9.17, 15) is 23.1 Å². The second kappa shape index (κ2) is 8.03. The SMILES string of the molecule is CCCOc1nn(/C([O-])=N/S(=O)(=O)c2ccccc2C(=O)OC)c(=O)n1C. The van der Waals surface area contributed by atoms with Gasteiger partial charge in [0.15, 0.2) is 0 Å². The Morgan fingerprint density at radius 2 is 2.00 bits per heavy atom. The molecular formula is C15H17N4O7S-. The fraction of sp³-hybridized carbons (Fsp3) is 0.333. The number of sulfonamides is 1. The van der Waals surface area contributed by atoms with Gasteiger partial charge in [0.05, 0.1) is 19.3 Å². The lowest BCUT2D eigenvalue weighted by molar-refractivity contribution is -0.222. The van der Waals surface area contributed by atoms with Gasteiger partial charge in [0.1, 0.15) is 10.9 Å². The van der Waals surface area contributed by atoms with Crippen molar-refractivity contribution in [1.82, 2.24) is 14.3 Å². The minimum Gasteiger partial charge on any atom is -0.844 e. The quantitative estimate of drug-likeness (QED) is 0.347. The molecule has 1 aromatic heterocycles. The summed E-state index contributed by atoms with van der Waals surface area (Å²) in [4.78, 5) is 23.3. The molecule has 27 heavy (non-hydrogen) atoms. The predicted octanol–water partition coefficient (Wildman–Crippen LogP) is -0.889. The topological polar surface area (TPSA) is 145 Å². The average molecular weight is 397 g/mol. The highest BCUT2D eigenvalue weighted by molar-refractivity contribution is 7.90. The molecule has 12 heteroatoms. The van der Waals surface area contributed by atoms with Crippen LogP contribution in [0.5, 0.6) is 6.01 Å². The van der Waals surface area contributed by atoms with Gasteiger partial charge in [-0.3, -0.25) is 0 Å². The highest BCUT2D eigenvalue weighted by Crippen LogP contribution is 2.18. The maximum atomic E-state index is 12.5. The van der Waals surface area contributed by atoms with Gasteiger partial charge in [0, 0.05) is 7.05 Å². The zero-order chi connectivity index (χ0) is 20.2. The molecule has 0 N–H and O–H groups in total. The molecule has 1 heterocycles.